The second-order valence-electron chi connectivity index (χ2n) is 11.0. The maximum atomic E-state index is 14.4. The Hall–Kier alpha value is -4.12. The minimum Gasteiger partial charge on any atom is -0.494 e. The van der Waals surface area contributed by atoms with Crippen LogP contribution in [0.1, 0.15) is 57.3 Å². The second kappa shape index (κ2) is 13.7. The van der Waals surface area contributed by atoms with Crippen LogP contribution in [0.15, 0.2) is 58.6 Å². The van der Waals surface area contributed by atoms with E-state index in [1.807, 2.05) is 0 Å². The lowest BCUT2D eigenvalue weighted by molar-refractivity contribution is -0.156. The van der Waals surface area contributed by atoms with Gasteiger partial charge in [0.2, 0.25) is 5.90 Å². The average molecular weight is 580 g/mol. The van der Waals surface area contributed by atoms with Crippen LogP contribution < -0.4 is 4.74 Å². The van der Waals surface area contributed by atoms with Crippen molar-refractivity contribution in [3.63, 3.8) is 0 Å². The molecule has 0 spiro atoms. The van der Waals surface area contributed by atoms with Gasteiger partial charge in [-0.1, -0.05) is 29.4 Å². The number of hydrogen-bond donors (Lipinski definition) is 1. The first-order valence-corrected chi connectivity index (χ1v) is 14.0. The van der Waals surface area contributed by atoms with Gasteiger partial charge in [0.1, 0.15) is 11.4 Å². The summed E-state index contributed by atoms with van der Waals surface area (Å²) in [4.78, 5) is 36.9. The molecule has 42 heavy (non-hydrogen) atoms. The predicted molar refractivity (Wildman–Crippen MR) is 154 cm³/mol. The standard InChI is InChI=1S/C30H37N5O7/c1-29(2,3)42-25(37)13-14-30(28(38)35-15-19-39-20-16-35)26(23-7-4-5-8-24(23)33-34-31)41-27(32-30)21-9-11-22(12-10-21)40-18-6-17-36/h4-5,7-12,26,36H,6,13-20H2,1-3H3/t26-,30-/m1/s1. The lowest BCUT2D eigenvalue weighted by Gasteiger charge is -2.37. The molecule has 1 saturated heterocycles. The van der Waals surface area contributed by atoms with Gasteiger partial charge in [-0.05, 0) is 57.0 Å². The first-order chi connectivity index (χ1) is 20.2. The number of azide groups is 1. The maximum absolute atomic E-state index is 14.4. The molecule has 2 aromatic rings. The van der Waals surface area contributed by atoms with Crippen LogP contribution in [-0.4, -0.2) is 78.4 Å². The number of aliphatic imine (C=N–C) groups is 1. The minimum absolute atomic E-state index is 0.000767. The van der Waals surface area contributed by atoms with Gasteiger partial charge in [-0.2, -0.15) is 0 Å². The van der Waals surface area contributed by atoms with Gasteiger partial charge < -0.3 is 29.0 Å². The van der Waals surface area contributed by atoms with E-state index in [2.05, 4.69) is 10.0 Å². The van der Waals surface area contributed by atoms with Crippen molar-refractivity contribution in [3.8, 4) is 5.75 Å². The molecule has 2 aromatic carbocycles. The van der Waals surface area contributed by atoms with Crippen molar-refractivity contribution in [1.82, 2.24) is 4.90 Å². The van der Waals surface area contributed by atoms with Gasteiger partial charge in [0.05, 0.1) is 19.8 Å². The van der Waals surface area contributed by atoms with Gasteiger partial charge >= 0.3 is 5.97 Å². The molecule has 0 bridgehead atoms. The van der Waals surface area contributed by atoms with E-state index in [1.165, 1.54) is 0 Å². The SMILES string of the molecule is CC(C)(C)OC(=O)CC[C@@]1(C(=O)N2CCOCC2)N=C(c2ccc(OCCCO)cc2)O[C@@H]1c1ccccc1N=[N+]=[N-]. The Morgan fingerprint density at radius 2 is 1.88 bits per heavy atom. The summed E-state index contributed by atoms with van der Waals surface area (Å²) >= 11 is 0. The highest BCUT2D eigenvalue weighted by molar-refractivity contribution is 6.01. The topological polar surface area (TPSA) is 156 Å². The normalized spacial score (nSPS) is 20.2. The highest BCUT2D eigenvalue weighted by Gasteiger charge is 2.55. The summed E-state index contributed by atoms with van der Waals surface area (Å²) in [7, 11) is 0. The smallest absolute Gasteiger partial charge is 0.306 e. The van der Waals surface area contributed by atoms with E-state index in [0.717, 1.165) is 0 Å². The van der Waals surface area contributed by atoms with Crippen LogP contribution in [0.5, 0.6) is 5.75 Å². The Labute approximate surface area is 244 Å². The summed E-state index contributed by atoms with van der Waals surface area (Å²) in [5, 5.41) is 12.9. The van der Waals surface area contributed by atoms with E-state index in [1.54, 1.807) is 74.2 Å². The second-order valence-corrected chi connectivity index (χ2v) is 11.0. The van der Waals surface area contributed by atoms with Crippen LogP contribution >= 0.6 is 0 Å². The van der Waals surface area contributed by atoms with E-state index >= 15 is 0 Å². The largest absolute Gasteiger partial charge is 0.494 e. The molecule has 2 aliphatic heterocycles. The van der Waals surface area contributed by atoms with Crippen molar-refractivity contribution >= 4 is 23.5 Å². The Bertz CT molecular complexity index is 1330. The Balaban J connectivity index is 1.79. The molecule has 0 saturated carbocycles. The number of aliphatic hydroxyl groups is 1. The van der Waals surface area contributed by atoms with Crippen LogP contribution in [0.3, 0.4) is 0 Å². The Kier molecular flexibility index (Phi) is 10.1. The zero-order chi connectivity index (χ0) is 30.2. The number of benzene rings is 2. The van der Waals surface area contributed by atoms with Crippen molar-refractivity contribution < 1.29 is 33.6 Å². The number of esters is 1. The van der Waals surface area contributed by atoms with E-state index in [9.17, 15) is 15.1 Å². The molecule has 0 radical (unpaired) electrons. The molecule has 0 aromatic heterocycles. The number of carbonyl (C=O) groups is 2. The summed E-state index contributed by atoms with van der Waals surface area (Å²) in [6.45, 7) is 7.23. The monoisotopic (exact) mass is 579 g/mol. The van der Waals surface area contributed by atoms with Crippen molar-refractivity contribution in [1.29, 1.82) is 0 Å². The summed E-state index contributed by atoms with van der Waals surface area (Å²) in [6.07, 6.45) is -0.578. The number of rotatable bonds is 11. The van der Waals surface area contributed by atoms with E-state index < -0.39 is 23.2 Å². The van der Waals surface area contributed by atoms with Gasteiger partial charge in [-0.25, -0.2) is 4.99 Å². The zero-order valence-corrected chi connectivity index (χ0v) is 24.2. The van der Waals surface area contributed by atoms with Crippen LogP contribution in [-0.2, 0) is 23.8 Å². The van der Waals surface area contributed by atoms with Crippen molar-refractivity contribution in [2.45, 2.75) is 57.3 Å². The molecule has 0 aliphatic carbocycles. The predicted octanol–water partition coefficient (Wildman–Crippen LogP) is 4.63. The van der Waals surface area contributed by atoms with Crippen LogP contribution in [0.25, 0.3) is 10.4 Å². The van der Waals surface area contributed by atoms with Crippen molar-refractivity contribution in [2.24, 2.45) is 10.1 Å². The lowest BCUT2D eigenvalue weighted by Crippen LogP contribution is -2.53. The van der Waals surface area contributed by atoms with Gasteiger partial charge in [-0.15, -0.1) is 0 Å². The molecule has 1 N–H and O–H groups in total. The third-order valence-electron chi connectivity index (χ3n) is 6.81. The Morgan fingerprint density at radius 1 is 1.17 bits per heavy atom. The number of carbonyl (C=O) groups excluding carboxylic acids is 2. The average Bonchev–Trinajstić information content (AvgIpc) is 3.37. The highest BCUT2D eigenvalue weighted by atomic mass is 16.6. The third kappa shape index (κ3) is 7.39. The van der Waals surface area contributed by atoms with E-state index in [4.69, 9.17) is 29.0 Å². The molecule has 2 atom stereocenters. The van der Waals surface area contributed by atoms with Crippen molar-refractivity contribution in [3.05, 3.63) is 70.1 Å². The zero-order valence-electron chi connectivity index (χ0n) is 24.2. The summed E-state index contributed by atoms with van der Waals surface area (Å²) in [5.41, 5.74) is 8.38. The molecule has 12 nitrogen and oxygen atoms in total. The molecule has 2 heterocycles. The van der Waals surface area contributed by atoms with Gasteiger partial charge in [0, 0.05) is 54.3 Å². The quantitative estimate of drug-likeness (QED) is 0.134. The van der Waals surface area contributed by atoms with Crippen molar-refractivity contribution in [2.75, 3.05) is 39.5 Å². The Morgan fingerprint density at radius 3 is 2.55 bits per heavy atom. The molecule has 224 valence electrons. The van der Waals surface area contributed by atoms with Crippen LogP contribution in [0.4, 0.5) is 5.69 Å². The fraction of sp³-hybridized carbons (Fsp3) is 0.500. The summed E-state index contributed by atoms with van der Waals surface area (Å²) in [6, 6.07) is 13.9. The molecular formula is C30H37N5O7. The molecular weight excluding hydrogens is 542 g/mol. The fourth-order valence-corrected chi connectivity index (χ4v) is 4.90. The lowest BCUT2D eigenvalue weighted by atomic mass is 9.82. The number of hydrogen-bond acceptors (Lipinski definition) is 9. The highest BCUT2D eigenvalue weighted by Crippen LogP contribution is 2.47. The molecule has 0 unspecified atom stereocenters. The van der Waals surface area contributed by atoms with Gasteiger partial charge in [-0.3, -0.25) is 9.59 Å². The number of morpholine rings is 1. The molecule has 1 amide bonds. The van der Waals surface area contributed by atoms with E-state index in [0.29, 0.717) is 61.9 Å². The first kappa shape index (κ1) is 30.8. The fourth-order valence-electron chi connectivity index (χ4n) is 4.90. The molecule has 2 aliphatic rings. The minimum atomic E-state index is -1.55. The van der Waals surface area contributed by atoms with Crippen LogP contribution in [0, 0.1) is 0 Å². The number of nitrogens with zero attached hydrogens (tertiary/aromatic N) is 5. The first-order valence-electron chi connectivity index (χ1n) is 14.0. The van der Waals surface area contributed by atoms with Gasteiger partial charge in [0.15, 0.2) is 11.6 Å². The maximum Gasteiger partial charge on any atom is 0.306 e. The molecule has 4 rings (SSSR count). The van der Waals surface area contributed by atoms with Crippen LogP contribution in [0.2, 0.25) is 0 Å². The molecule has 12 heteroatoms. The third-order valence-corrected chi connectivity index (χ3v) is 6.81. The number of amides is 1. The summed E-state index contributed by atoms with van der Waals surface area (Å²) in [5.74, 6) is 0.0425. The van der Waals surface area contributed by atoms with E-state index in [-0.39, 0.29) is 31.3 Å². The molecule has 1 fully saturated rings. The summed E-state index contributed by atoms with van der Waals surface area (Å²) < 4.78 is 23.2. The number of aliphatic hydroxyl groups excluding tert-OH is 1. The van der Waals surface area contributed by atoms with Gasteiger partial charge in [0.25, 0.3) is 5.91 Å². The number of ether oxygens (including phenoxy) is 4.